The molecule has 0 aliphatic rings. The molecule has 0 unspecified atom stereocenters. The number of para-hydroxylation sites is 1. The van der Waals surface area contributed by atoms with Gasteiger partial charge in [-0.1, -0.05) is 164 Å². The normalized spacial score (nSPS) is 11.7. The maximum absolute atomic E-state index is 9.34. The Balaban J connectivity index is 1.04. The third-order valence-corrected chi connectivity index (χ3v) is 10.7. The van der Waals surface area contributed by atoms with Gasteiger partial charge < -0.3 is 9.47 Å². The summed E-state index contributed by atoms with van der Waals surface area (Å²) in [6.07, 6.45) is 0. The summed E-state index contributed by atoms with van der Waals surface area (Å²) in [5, 5.41) is 2.11. The number of fused-ring (bicyclic) bond motifs is 3. The van der Waals surface area contributed by atoms with Crippen LogP contribution in [-0.4, -0.2) is 4.57 Å². The molecule has 0 radical (unpaired) electrons. The molecule has 264 valence electrons. The standard InChI is InChI=1S/C54H38N2/c1-4-12-39(13-5-1)42-20-29-47(30-21-42)55(48-31-22-43(23-32-48)40-14-6-2-7-15-40)49-33-26-45(27-34-49)46-28-37-54-52(38-46)51-18-10-11-19-53(51)56(54)50-35-24-44(25-36-50)41-16-8-3-9-17-41/h1-38H/i11D,28D. The summed E-state index contributed by atoms with van der Waals surface area (Å²) in [4.78, 5) is 2.28. The lowest BCUT2D eigenvalue weighted by atomic mass is 10.0. The van der Waals surface area contributed by atoms with Gasteiger partial charge in [0.15, 0.2) is 0 Å². The number of aromatic nitrogens is 1. The molecule has 0 aliphatic heterocycles. The SMILES string of the molecule is [2H]c1ccc2c3cc(-c4ccc(N(c5ccc(-c6ccccc6)cc5)c5ccc(-c6ccccc6)cc5)cc4)c([2H])cc3n(-c3ccc(-c4ccccc4)cc3)c2c1. The minimum atomic E-state index is 0.446. The van der Waals surface area contributed by atoms with E-state index in [2.05, 4.69) is 185 Å². The molecule has 0 N–H and O–H groups in total. The van der Waals surface area contributed by atoms with Gasteiger partial charge in [0.05, 0.1) is 13.8 Å². The van der Waals surface area contributed by atoms with Crippen molar-refractivity contribution >= 4 is 38.9 Å². The Labute approximate surface area is 330 Å². The van der Waals surface area contributed by atoms with Crippen molar-refractivity contribution in [1.82, 2.24) is 4.57 Å². The second kappa shape index (κ2) is 14.4. The Morgan fingerprint density at radius 2 is 0.714 bits per heavy atom. The zero-order valence-corrected chi connectivity index (χ0v) is 30.7. The third kappa shape index (κ3) is 6.24. The van der Waals surface area contributed by atoms with Crippen LogP contribution in [0.3, 0.4) is 0 Å². The van der Waals surface area contributed by atoms with Gasteiger partial charge in [0, 0.05) is 33.5 Å². The van der Waals surface area contributed by atoms with Crippen LogP contribution in [0.5, 0.6) is 0 Å². The summed E-state index contributed by atoms with van der Waals surface area (Å²) in [6, 6.07) is 76.7. The number of hydrogen-bond acceptors (Lipinski definition) is 1. The van der Waals surface area contributed by atoms with Gasteiger partial charge in [-0.3, -0.25) is 0 Å². The van der Waals surface area contributed by atoms with E-state index < -0.39 is 0 Å². The fraction of sp³-hybridized carbons (Fsp3) is 0. The number of nitrogens with zero attached hydrogens (tertiary/aromatic N) is 2. The van der Waals surface area contributed by atoms with Gasteiger partial charge in [-0.05, 0) is 111 Å². The van der Waals surface area contributed by atoms with Crippen LogP contribution < -0.4 is 4.90 Å². The highest BCUT2D eigenvalue weighted by atomic mass is 15.1. The second-order valence-electron chi connectivity index (χ2n) is 14.0. The second-order valence-corrected chi connectivity index (χ2v) is 14.0. The van der Waals surface area contributed by atoms with Crippen LogP contribution >= 0.6 is 0 Å². The molecule has 10 rings (SSSR count). The highest BCUT2D eigenvalue weighted by Crippen LogP contribution is 2.39. The molecule has 0 aliphatic carbocycles. The molecule has 1 heterocycles. The van der Waals surface area contributed by atoms with Gasteiger partial charge >= 0.3 is 0 Å². The van der Waals surface area contributed by atoms with Gasteiger partial charge in [-0.15, -0.1) is 0 Å². The Kier molecular flexibility index (Phi) is 7.98. The van der Waals surface area contributed by atoms with Crippen molar-refractivity contribution in [3.05, 3.63) is 230 Å². The molecule has 10 aromatic rings. The lowest BCUT2D eigenvalue weighted by Crippen LogP contribution is -2.09. The molecule has 0 saturated heterocycles. The lowest BCUT2D eigenvalue weighted by Gasteiger charge is -2.26. The number of rotatable bonds is 8. The van der Waals surface area contributed by atoms with Crippen LogP contribution in [0.25, 0.3) is 72.0 Å². The van der Waals surface area contributed by atoms with E-state index in [-0.39, 0.29) is 0 Å². The minimum absolute atomic E-state index is 0.446. The molecule has 0 atom stereocenters. The zero-order chi connectivity index (χ0) is 39.0. The number of anilines is 3. The van der Waals surface area contributed by atoms with Gasteiger partial charge in [0.1, 0.15) is 0 Å². The van der Waals surface area contributed by atoms with E-state index in [4.69, 9.17) is 1.37 Å². The fourth-order valence-corrected chi connectivity index (χ4v) is 7.83. The summed E-state index contributed by atoms with van der Waals surface area (Å²) >= 11 is 0. The molecule has 2 nitrogen and oxygen atoms in total. The van der Waals surface area contributed by atoms with Gasteiger partial charge in [0.25, 0.3) is 0 Å². The Morgan fingerprint density at radius 3 is 1.18 bits per heavy atom. The molecule has 1 aromatic heterocycles. The van der Waals surface area contributed by atoms with E-state index in [1.165, 1.54) is 27.8 Å². The highest BCUT2D eigenvalue weighted by Gasteiger charge is 2.16. The van der Waals surface area contributed by atoms with Gasteiger partial charge in [-0.2, -0.15) is 0 Å². The first-order valence-corrected chi connectivity index (χ1v) is 19.0. The summed E-state index contributed by atoms with van der Waals surface area (Å²) in [7, 11) is 0. The first-order valence-electron chi connectivity index (χ1n) is 20.0. The largest absolute Gasteiger partial charge is 0.311 e. The van der Waals surface area contributed by atoms with Crippen LogP contribution in [0.4, 0.5) is 17.1 Å². The molecule has 0 saturated carbocycles. The van der Waals surface area contributed by atoms with Crippen molar-refractivity contribution in [2.24, 2.45) is 0 Å². The zero-order valence-electron chi connectivity index (χ0n) is 32.7. The molecular formula is C54H38N2. The molecule has 0 amide bonds. The third-order valence-electron chi connectivity index (χ3n) is 10.7. The van der Waals surface area contributed by atoms with Crippen LogP contribution in [0.15, 0.2) is 230 Å². The van der Waals surface area contributed by atoms with E-state index in [0.717, 1.165) is 61.2 Å². The maximum atomic E-state index is 9.34. The Morgan fingerprint density at radius 1 is 0.321 bits per heavy atom. The van der Waals surface area contributed by atoms with E-state index in [1.807, 2.05) is 42.5 Å². The molecule has 0 bridgehead atoms. The average Bonchev–Trinajstić information content (AvgIpc) is 3.59. The van der Waals surface area contributed by atoms with Crippen molar-refractivity contribution in [1.29, 1.82) is 0 Å². The molecular weight excluding hydrogens is 677 g/mol. The summed E-state index contributed by atoms with van der Waals surface area (Å²) in [5.74, 6) is 0. The van der Waals surface area contributed by atoms with Crippen molar-refractivity contribution in [2.45, 2.75) is 0 Å². The van der Waals surface area contributed by atoms with Gasteiger partial charge in [-0.25, -0.2) is 0 Å². The molecule has 9 aromatic carbocycles. The number of hydrogen-bond donors (Lipinski definition) is 0. The summed E-state index contributed by atoms with van der Waals surface area (Å²) in [6.45, 7) is 0. The summed E-state index contributed by atoms with van der Waals surface area (Å²) < 4.78 is 20.0. The van der Waals surface area contributed by atoms with E-state index in [0.29, 0.717) is 12.1 Å². The average molecular weight is 717 g/mol. The quantitative estimate of drug-likeness (QED) is 0.152. The smallest absolute Gasteiger partial charge is 0.0630 e. The predicted molar refractivity (Wildman–Crippen MR) is 237 cm³/mol. The summed E-state index contributed by atoms with van der Waals surface area (Å²) in [5.41, 5.74) is 14.9. The molecule has 0 spiro atoms. The van der Waals surface area contributed by atoms with Crippen LogP contribution in [0.2, 0.25) is 0 Å². The topological polar surface area (TPSA) is 8.17 Å². The Hall–Kier alpha value is -7.42. The van der Waals surface area contributed by atoms with Crippen molar-refractivity contribution in [3.63, 3.8) is 0 Å². The molecule has 2 heteroatoms. The lowest BCUT2D eigenvalue weighted by molar-refractivity contribution is 1.18. The molecule has 56 heavy (non-hydrogen) atoms. The first-order chi connectivity index (χ1) is 28.6. The van der Waals surface area contributed by atoms with Crippen molar-refractivity contribution in [2.75, 3.05) is 4.90 Å². The first kappa shape index (κ1) is 31.0. The monoisotopic (exact) mass is 716 g/mol. The van der Waals surface area contributed by atoms with Gasteiger partial charge in [0.2, 0.25) is 0 Å². The fourth-order valence-electron chi connectivity index (χ4n) is 7.83. The maximum Gasteiger partial charge on any atom is 0.0630 e. The minimum Gasteiger partial charge on any atom is -0.311 e. The van der Waals surface area contributed by atoms with E-state index >= 15 is 0 Å². The number of benzene rings is 9. The van der Waals surface area contributed by atoms with Crippen molar-refractivity contribution in [3.8, 4) is 50.2 Å². The molecule has 0 fully saturated rings. The van der Waals surface area contributed by atoms with E-state index in [9.17, 15) is 1.37 Å². The Bertz CT molecular complexity index is 2930. The highest BCUT2D eigenvalue weighted by molar-refractivity contribution is 6.10. The van der Waals surface area contributed by atoms with Crippen LogP contribution in [-0.2, 0) is 0 Å². The van der Waals surface area contributed by atoms with E-state index in [1.54, 1.807) is 0 Å². The predicted octanol–water partition coefficient (Wildman–Crippen LogP) is 14.9. The van der Waals surface area contributed by atoms with Crippen LogP contribution in [0.1, 0.15) is 2.74 Å². The van der Waals surface area contributed by atoms with Crippen molar-refractivity contribution < 1.29 is 2.74 Å². The van der Waals surface area contributed by atoms with Crippen LogP contribution in [0, 0.1) is 0 Å².